The molecule has 1 atom stereocenters. The van der Waals surface area contributed by atoms with Gasteiger partial charge in [-0.15, -0.1) is 0 Å². The normalized spacial score (nSPS) is 13.1. The highest BCUT2D eigenvalue weighted by Gasteiger charge is 2.28. The molecule has 1 aromatic heterocycles. The van der Waals surface area contributed by atoms with Crippen molar-refractivity contribution in [2.75, 3.05) is 13.2 Å². The minimum Gasteiger partial charge on any atom is -0.462 e. The predicted octanol–water partition coefficient (Wildman–Crippen LogP) is 3.50. The van der Waals surface area contributed by atoms with Crippen molar-refractivity contribution >= 4 is 39.5 Å². The van der Waals surface area contributed by atoms with Gasteiger partial charge in [-0.1, -0.05) is 20.8 Å². The van der Waals surface area contributed by atoms with E-state index in [0.717, 1.165) is 0 Å². The number of nitrogens with zero attached hydrogens (tertiary/aromatic N) is 1. The maximum atomic E-state index is 14.1. The van der Waals surface area contributed by atoms with Crippen LogP contribution in [0.25, 0.3) is 10.9 Å². The first kappa shape index (κ1) is 19.8. The molecule has 0 aliphatic heterocycles. The fraction of sp³-hybridized carbons (Fsp3) is 0.444. The molecule has 0 radical (unpaired) electrons. The summed E-state index contributed by atoms with van der Waals surface area (Å²) >= 11 is 1.80. The van der Waals surface area contributed by atoms with Gasteiger partial charge in [-0.3, -0.25) is 4.79 Å². The molecule has 2 rings (SSSR count). The van der Waals surface area contributed by atoms with Gasteiger partial charge in [-0.2, -0.15) is 0 Å². The van der Waals surface area contributed by atoms with E-state index < -0.39 is 23.3 Å². The summed E-state index contributed by atoms with van der Waals surface area (Å²) in [5.41, 5.74) is -0.681. The highest BCUT2D eigenvalue weighted by Crippen LogP contribution is 2.33. The number of pyridine rings is 1. The first-order valence-corrected chi connectivity index (χ1v) is 9.01. The minimum atomic E-state index is -0.729. The first-order chi connectivity index (χ1) is 11.6. The SMILES string of the molecule is CCOC(=O)c1cn(C(CO)C(C)(C)C)c2cc(F)c(I)cc2c1=O. The number of hydrogen-bond acceptors (Lipinski definition) is 4. The number of ether oxygens (including phenoxy) is 1. The third kappa shape index (κ3) is 3.87. The standard InChI is InChI=1S/C18H21FINO4/c1-5-25-17(24)11-8-21(15(9-22)18(2,3)4)14-7-12(19)13(20)6-10(14)16(11)23/h6-8,15,22H,5,9H2,1-4H3. The van der Waals surface area contributed by atoms with Crippen molar-refractivity contribution in [2.24, 2.45) is 5.41 Å². The summed E-state index contributed by atoms with van der Waals surface area (Å²) < 4.78 is 21.0. The smallest absolute Gasteiger partial charge is 0.343 e. The molecule has 0 bridgehead atoms. The molecule has 0 spiro atoms. The van der Waals surface area contributed by atoms with Crippen LogP contribution in [-0.4, -0.2) is 28.9 Å². The van der Waals surface area contributed by atoms with Crippen molar-refractivity contribution in [3.05, 3.63) is 43.5 Å². The largest absolute Gasteiger partial charge is 0.462 e. The molecule has 0 saturated heterocycles. The van der Waals surface area contributed by atoms with E-state index in [1.54, 1.807) is 34.1 Å². The number of hydrogen-bond donors (Lipinski definition) is 1. The number of aromatic nitrogens is 1. The van der Waals surface area contributed by atoms with Crippen LogP contribution in [0.1, 0.15) is 44.1 Å². The van der Waals surface area contributed by atoms with Crippen molar-refractivity contribution in [3.63, 3.8) is 0 Å². The van der Waals surface area contributed by atoms with E-state index in [0.29, 0.717) is 5.52 Å². The molecular formula is C18H21FINO4. The highest BCUT2D eigenvalue weighted by atomic mass is 127. The van der Waals surface area contributed by atoms with Crippen molar-refractivity contribution in [2.45, 2.75) is 33.7 Å². The molecule has 5 nitrogen and oxygen atoms in total. The molecule has 0 fully saturated rings. The van der Waals surface area contributed by atoms with Crippen LogP contribution in [0.5, 0.6) is 0 Å². The summed E-state index contributed by atoms with van der Waals surface area (Å²) in [5, 5.41) is 10.1. The number of esters is 1. The van der Waals surface area contributed by atoms with Gasteiger partial charge < -0.3 is 14.4 Å². The quantitative estimate of drug-likeness (QED) is 0.559. The van der Waals surface area contributed by atoms with Crippen LogP contribution < -0.4 is 5.43 Å². The lowest BCUT2D eigenvalue weighted by Gasteiger charge is -2.33. The number of carbonyl (C=O) groups excluding carboxylic acids is 1. The second-order valence-corrected chi connectivity index (χ2v) is 8.01. The van der Waals surface area contributed by atoms with Gasteiger partial charge in [0.15, 0.2) is 0 Å². The first-order valence-electron chi connectivity index (χ1n) is 7.93. The summed E-state index contributed by atoms with van der Waals surface area (Å²) in [6.45, 7) is 7.33. The molecule has 0 aliphatic carbocycles. The molecule has 1 heterocycles. The van der Waals surface area contributed by atoms with E-state index in [1.165, 1.54) is 18.3 Å². The average Bonchev–Trinajstić information content (AvgIpc) is 2.51. The Morgan fingerprint density at radius 2 is 2.04 bits per heavy atom. The number of aliphatic hydroxyl groups is 1. The van der Waals surface area contributed by atoms with Crippen LogP contribution in [-0.2, 0) is 4.74 Å². The summed E-state index contributed by atoms with van der Waals surface area (Å²) in [7, 11) is 0. The fourth-order valence-electron chi connectivity index (χ4n) is 2.74. The average molecular weight is 461 g/mol. The molecule has 1 N–H and O–H groups in total. The number of halogens is 2. The van der Waals surface area contributed by atoms with Gasteiger partial charge in [0.25, 0.3) is 0 Å². The third-order valence-electron chi connectivity index (χ3n) is 4.08. The van der Waals surface area contributed by atoms with E-state index in [4.69, 9.17) is 4.74 Å². The monoisotopic (exact) mass is 461 g/mol. The lowest BCUT2D eigenvalue weighted by Crippen LogP contribution is -2.31. The van der Waals surface area contributed by atoms with Crippen LogP contribution in [0.15, 0.2) is 23.1 Å². The van der Waals surface area contributed by atoms with Crippen LogP contribution in [0, 0.1) is 14.8 Å². The van der Waals surface area contributed by atoms with E-state index in [2.05, 4.69) is 0 Å². The predicted molar refractivity (Wildman–Crippen MR) is 102 cm³/mol. The Hall–Kier alpha value is -1.48. The Labute approximate surface area is 158 Å². The summed E-state index contributed by atoms with van der Waals surface area (Å²) in [4.78, 5) is 24.9. The second kappa shape index (κ2) is 7.41. The zero-order valence-electron chi connectivity index (χ0n) is 14.6. The Morgan fingerprint density at radius 3 is 2.56 bits per heavy atom. The molecule has 25 heavy (non-hydrogen) atoms. The van der Waals surface area contributed by atoms with Crippen molar-refractivity contribution in [1.29, 1.82) is 0 Å². The topological polar surface area (TPSA) is 68.5 Å². The van der Waals surface area contributed by atoms with Gasteiger partial charge >= 0.3 is 5.97 Å². The Kier molecular flexibility index (Phi) is 5.88. The Bertz CT molecular complexity index is 870. The van der Waals surface area contributed by atoms with Crippen LogP contribution in [0.3, 0.4) is 0 Å². The zero-order chi connectivity index (χ0) is 18.9. The van der Waals surface area contributed by atoms with Gasteiger partial charge in [0.2, 0.25) is 5.43 Å². The summed E-state index contributed by atoms with van der Waals surface area (Å²) in [6, 6.07) is 2.23. The molecule has 136 valence electrons. The maximum absolute atomic E-state index is 14.1. The molecule has 7 heteroatoms. The Morgan fingerprint density at radius 1 is 1.40 bits per heavy atom. The second-order valence-electron chi connectivity index (χ2n) is 6.85. The Balaban J connectivity index is 2.91. The molecule has 2 aromatic rings. The van der Waals surface area contributed by atoms with E-state index in [1.807, 2.05) is 20.8 Å². The zero-order valence-corrected chi connectivity index (χ0v) is 16.8. The fourth-order valence-corrected chi connectivity index (χ4v) is 3.20. The number of benzene rings is 1. The molecule has 1 aromatic carbocycles. The van der Waals surface area contributed by atoms with Gasteiger partial charge in [0, 0.05) is 15.2 Å². The molecule has 0 saturated carbocycles. The lowest BCUT2D eigenvalue weighted by atomic mass is 9.86. The number of rotatable bonds is 4. The van der Waals surface area contributed by atoms with Crippen LogP contribution >= 0.6 is 22.6 Å². The number of fused-ring (bicyclic) bond motifs is 1. The van der Waals surface area contributed by atoms with Gasteiger partial charge in [0.1, 0.15) is 11.4 Å². The molecule has 1 unspecified atom stereocenters. The van der Waals surface area contributed by atoms with Gasteiger partial charge in [0.05, 0.1) is 24.8 Å². The van der Waals surface area contributed by atoms with Crippen molar-refractivity contribution in [1.82, 2.24) is 4.57 Å². The lowest BCUT2D eigenvalue weighted by molar-refractivity contribution is 0.0522. The van der Waals surface area contributed by atoms with Crippen LogP contribution in [0.2, 0.25) is 0 Å². The van der Waals surface area contributed by atoms with E-state index in [-0.39, 0.29) is 33.1 Å². The summed E-state index contributed by atoms with van der Waals surface area (Å²) in [6.07, 6.45) is 1.36. The molecule has 0 amide bonds. The third-order valence-corrected chi connectivity index (χ3v) is 4.90. The van der Waals surface area contributed by atoms with Crippen molar-refractivity contribution in [3.8, 4) is 0 Å². The van der Waals surface area contributed by atoms with Crippen LogP contribution in [0.4, 0.5) is 4.39 Å². The van der Waals surface area contributed by atoms with E-state index in [9.17, 15) is 19.1 Å². The van der Waals surface area contributed by atoms with Crippen molar-refractivity contribution < 1.29 is 19.0 Å². The minimum absolute atomic E-state index is 0.126. The highest BCUT2D eigenvalue weighted by molar-refractivity contribution is 14.1. The van der Waals surface area contributed by atoms with Gasteiger partial charge in [-0.05, 0) is 47.1 Å². The van der Waals surface area contributed by atoms with E-state index >= 15 is 0 Å². The van der Waals surface area contributed by atoms with Gasteiger partial charge in [-0.25, -0.2) is 9.18 Å². The number of aliphatic hydroxyl groups excluding tert-OH is 1. The maximum Gasteiger partial charge on any atom is 0.343 e. The number of carbonyl (C=O) groups is 1. The molecule has 0 aliphatic rings. The summed E-state index contributed by atoms with van der Waals surface area (Å²) in [5.74, 6) is -1.19. The molecular weight excluding hydrogens is 440 g/mol.